The number of rotatable bonds is 5. The third-order valence-electron chi connectivity index (χ3n) is 11.4. The number of para-hydroxylation sites is 2. The smallest absolute Gasteiger partial charge is 0.164 e. The summed E-state index contributed by atoms with van der Waals surface area (Å²) in [6.45, 7) is 0. The first-order chi connectivity index (χ1) is 28.7. The number of fused-ring (bicyclic) bond motifs is 8. The molecule has 0 atom stereocenters. The Morgan fingerprint density at radius 3 is 1.76 bits per heavy atom. The topological polar surface area (TPSA) is 56.7 Å². The van der Waals surface area contributed by atoms with E-state index in [0.717, 1.165) is 77.2 Å². The van der Waals surface area contributed by atoms with E-state index in [1.165, 1.54) is 21.5 Å². The first-order valence-electron chi connectivity index (χ1n) is 19.5. The molecule has 270 valence electrons. The minimum atomic E-state index is 0.580. The van der Waals surface area contributed by atoms with Crippen molar-refractivity contribution in [3.05, 3.63) is 194 Å². The highest BCUT2D eigenvalue weighted by Crippen LogP contribution is 2.43. The van der Waals surface area contributed by atoms with Gasteiger partial charge in [-0.3, -0.25) is 0 Å². The third-order valence-corrected chi connectivity index (χ3v) is 11.4. The van der Waals surface area contributed by atoms with Crippen LogP contribution in [-0.4, -0.2) is 19.5 Å². The summed E-state index contributed by atoms with van der Waals surface area (Å²) in [6, 6.07) is 68.0. The molecular weight excluding hydrogens is 709 g/mol. The maximum Gasteiger partial charge on any atom is 0.164 e. The number of nitrogens with zero attached hydrogens (tertiary/aromatic N) is 4. The molecule has 0 spiro atoms. The van der Waals surface area contributed by atoms with Crippen molar-refractivity contribution in [2.75, 3.05) is 0 Å². The molecule has 9 aromatic carbocycles. The summed E-state index contributed by atoms with van der Waals surface area (Å²) in [5.74, 6) is 1.79. The van der Waals surface area contributed by atoms with Crippen molar-refractivity contribution in [3.63, 3.8) is 0 Å². The molecule has 0 aliphatic heterocycles. The first kappa shape index (κ1) is 32.4. The van der Waals surface area contributed by atoms with Crippen LogP contribution in [0.1, 0.15) is 0 Å². The molecule has 0 radical (unpaired) electrons. The molecule has 12 rings (SSSR count). The SMILES string of the molecule is c1ccc(-c2ccc(-c3nc(-c4ccc5ccccc5c4)nc(-c4ccc(-n5c6ccccc6c6cc7ccccc7cc65)c5oc6ccccc6c45)n3)cc2)cc1. The fourth-order valence-corrected chi connectivity index (χ4v) is 8.62. The fraction of sp³-hybridized carbons (Fsp3) is 0. The van der Waals surface area contributed by atoms with Crippen molar-refractivity contribution in [1.82, 2.24) is 19.5 Å². The van der Waals surface area contributed by atoms with Gasteiger partial charge in [0.25, 0.3) is 0 Å². The van der Waals surface area contributed by atoms with Crippen LogP contribution >= 0.6 is 0 Å². The number of furan rings is 1. The number of aromatic nitrogens is 4. The Kier molecular flexibility index (Phi) is 7.16. The number of hydrogen-bond donors (Lipinski definition) is 0. The second kappa shape index (κ2) is 12.8. The zero-order valence-electron chi connectivity index (χ0n) is 31.2. The lowest BCUT2D eigenvalue weighted by Crippen LogP contribution is -2.01. The van der Waals surface area contributed by atoms with E-state index in [9.17, 15) is 0 Å². The highest BCUT2D eigenvalue weighted by Gasteiger charge is 2.23. The van der Waals surface area contributed by atoms with Crippen molar-refractivity contribution in [2.45, 2.75) is 0 Å². The van der Waals surface area contributed by atoms with Crippen LogP contribution in [-0.2, 0) is 0 Å². The Morgan fingerprint density at radius 1 is 0.362 bits per heavy atom. The van der Waals surface area contributed by atoms with Crippen LogP contribution in [0.4, 0.5) is 0 Å². The maximum atomic E-state index is 6.90. The average Bonchev–Trinajstić information content (AvgIpc) is 3.84. The normalized spacial score (nSPS) is 11.8. The van der Waals surface area contributed by atoms with Crippen molar-refractivity contribution >= 4 is 65.3 Å². The molecule has 0 bridgehead atoms. The predicted octanol–water partition coefficient (Wildman–Crippen LogP) is 13.8. The summed E-state index contributed by atoms with van der Waals surface area (Å²) in [7, 11) is 0. The van der Waals surface area contributed by atoms with Gasteiger partial charge in [0.2, 0.25) is 0 Å². The van der Waals surface area contributed by atoms with E-state index >= 15 is 0 Å². The van der Waals surface area contributed by atoms with E-state index in [0.29, 0.717) is 17.5 Å². The summed E-state index contributed by atoms with van der Waals surface area (Å²) in [5, 5.41) is 9.04. The molecule has 0 saturated heterocycles. The zero-order chi connectivity index (χ0) is 38.2. The quantitative estimate of drug-likeness (QED) is 0.176. The van der Waals surface area contributed by atoms with Gasteiger partial charge in [-0.2, -0.15) is 0 Å². The molecule has 0 unspecified atom stereocenters. The Balaban J connectivity index is 1.11. The van der Waals surface area contributed by atoms with Crippen LogP contribution in [0.15, 0.2) is 199 Å². The standard InChI is InChI=1S/C53H32N4O/c1-2-12-33(13-3-1)35-22-25-36(26-23-35)51-54-52(40-27-24-34-14-4-5-15-37(34)30-40)56-53(55-51)43-28-29-46(50-49(43)42-19-9-11-21-48(42)58-50)57-45-20-10-8-18-41(45)44-31-38-16-6-7-17-39(38)32-47(44)57/h1-32H. The molecule has 0 fully saturated rings. The molecule has 5 nitrogen and oxygen atoms in total. The largest absolute Gasteiger partial charge is 0.454 e. The van der Waals surface area contributed by atoms with E-state index in [4.69, 9.17) is 19.4 Å². The van der Waals surface area contributed by atoms with E-state index in [-0.39, 0.29) is 0 Å². The summed E-state index contributed by atoms with van der Waals surface area (Å²) in [6.07, 6.45) is 0. The predicted molar refractivity (Wildman–Crippen MR) is 238 cm³/mol. The molecule has 0 N–H and O–H groups in total. The summed E-state index contributed by atoms with van der Waals surface area (Å²) >= 11 is 0. The lowest BCUT2D eigenvalue weighted by molar-refractivity contribution is 0.666. The van der Waals surface area contributed by atoms with Crippen molar-refractivity contribution in [1.29, 1.82) is 0 Å². The van der Waals surface area contributed by atoms with Gasteiger partial charge in [-0.25, -0.2) is 15.0 Å². The minimum absolute atomic E-state index is 0.580. The van der Waals surface area contributed by atoms with Gasteiger partial charge in [0.1, 0.15) is 5.58 Å². The van der Waals surface area contributed by atoms with Gasteiger partial charge in [-0.15, -0.1) is 0 Å². The molecule has 12 aromatic rings. The van der Waals surface area contributed by atoms with E-state index in [1.807, 2.05) is 18.2 Å². The van der Waals surface area contributed by atoms with Crippen LogP contribution < -0.4 is 0 Å². The molecule has 5 heteroatoms. The van der Waals surface area contributed by atoms with Gasteiger partial charge >= 0.3 is 0 Å². The van der Waals surface area contributed by atoms with Crippen LogP contribution in [0, 0.1) is 0 Å². The first-order valence-corrected chi connectivity index (χ1v) is 19.5. The van der Waals surface area contributed by atoms with Crippen LogP contribution in [0.3, 0.4) is 0 Å². The third kappa shape index (κ3) is 5.14. The van der Waals surface area contributed by atoms with Gasteiger partial charge in [0.15, 0.2) is 23.1 Å². The lowest BCUT2D eigenvalue weighted by atomic mass is 10.0. The van der Waals surface area contributed by atoms with Gasteiger partial charge < -0.3 is 8.98 Å². The van der Waals surface area contributed by atoms with E-state index < -0.39 is 0 Å². The maximum absolute atomic E-state index is 6.90. The van der Waals surface area contributed by atoms with Crippen molar-refractivity contribution in [3.8, 4) is 51.0 Å². The Labute approximate surface area is 333 Å². The summed E-state index contributed by atoms with van der Waals surface area (Å²) in [5.41, 5.74) is 9.77. The second-order valence-corrected chi connectivity index (χ2v) is 14.8. The molecule has 3 heterocycles. The molecule has 58 heavy (non-hydrogen) atoms. The number of hydrogen-bond acceptors (Lipinski definition) is 4. The van der Waals surface area contributed by atoms with E-state index in [1.54, 1.807) is 0 Å². The zero-order valence-corrected chi connectivity index (χ0v) is 31.2. The Hall–Kier alpha value is -7.89. The van der Waals surface area contributed by atoms with Crippen LogP contribution in [0.25, 0.3) is 116 Å². The molecule has 0 aliphatic carbocycles. The second-order valence-electron chi connectivity index (χ2n) is 14.8. The van der Waals surface area contributed by atoms with Crippen molar-refractivity contribution < 1.29 is 4.42 Å². The van der Waals surface area contributed by atoms with Crippen LogP contribution in [0.5, 0.6) is 0 Å². The molecule has 0 amide bonds. The molecule has 0 saturated carbocycles. The molecule has 0 aliphatic rings. The monoisotopic (exact) mass is 740 g/mol. The van der Waals surface area contributed by atoms with Crippen molar-refractivity contribution in [2.24, 2.45) is 0 Å². The summed E-state index contributed by atoms with van der Waals surface area (Å²) in [4.78, 5) is 15.7. The minimum Gasteiger partial charge on any atom is -0.454 e. The van der Waals surface area contributed by atoms with E-state index in [2.05, 4.69) is 180 Å². The highest BCUT2D eigenvalue weighted by molar-refractivity contribution is 6.17. The van der Waals surface area contributed by atoms with Gasteiger partial charge in [0.05, 0.1) is 16.7 Å². The van der Waals surface area contributed by atoms with Gasteiger partial charge in [0, 0.05) is 38.2 Å². The average molecular weight is 741 g/mol. The highest BCUT2D eigenvalue weighted by atomic mass is 16.3. The van der Waals surface area contributed by atoms with Crippen LogP contribution in [0.2, 0.25) is 0 Å². The number of benzene rings is 9. The molecule has 3 aromatic heterocycles. The Bertz CT molecular complexity index is 3560. The molecular formula is C53H32N4O. The lowest BCUT2D eigenvalue weighted by Gasteiger charge is -2.13. The Morgan fingerprint density at radius 2 is 0.948 bits per heavy atom. The fourth-order valence-electron chi connectivity index (χ4n) is 8.62. The summed E-state index contributed by atoms with van der Waals surface area (Å²) < 4.78 is 9.24. The van der Waals surface area contributed by atoms with Gasteiger partial charge in [-0.1, -0.05) is 152 Å². The van der Waals surface area contributed by atoms with Gasteiger partial charge in [-0.05, 0) is 75.1 Å².